The molecule has 2 aliphatic heterocycles. The number of carbonyl (C=O) groups is 2. The third-order valence-corrected chi connectivity index (χ3v) is 4.87. The van der Waals surface area contributed by atoms with E-state index >= 15 is 0 Å². The van der Waals surface area contributed by atoms with Gasteiger partial charge in [-0.1, -0.05) is 6.07 Å². The molecule has 0 bridgehead atoms. The molecule has 0 aromatic heterocycles. The summed E-state index contributed by atoms with van der Waals surface area (Å²) in [5.41, 5.74) is 2.79. The molecule has 1 fully saturated rings. The average molecular weight is 348 g/mol. The normalized spacial score (nSPS) is 23.7. The molecule has 0 saturated carbocycles. The fourth-order valence-corrected chi connectivity index (χ4v) is 3.35. The average Bonchev–Trinajstić information content (AvgIpc) is 3.00. The van der Waals surface area contributed by atoms with E-state index < -0.39 is 5.91 Å². The molecule has 2 aliphatic rings. The van der Waals surface area contributed by atoms with Crippen molar-refractivity contribution in [2.24, 2.45) is 5.92 Å². The molecule has 1 saturated heterocycles. The third kappa shape index (κ3) is 3.93. The highest BCUT2D eigenvalue weighted by Crippen LogP contribution is 2.29. The highest BCUT2D eigenvalue weighted by molar-refractivity contribution is 5.93. The Kier molecular flexibility index (Phi) is 5.55. The highest BCUT2D eigenvalue weighted by atomic mass is 16.5. The Bertz CT molecular complexity index is 640. The number of benzene rings is 1. The van der Waals surface area contributed by atoms with Crippen LogP contribution in [0.4, 0.5) is 0 Å². The van der Waals surface area contributed by atoms with E-state index in [2.05, 4.69) is 0 Å². The van der Waals surface area contributed by atoms with Gasteiger partial charge in [-0.05, 0) is 38.3 Å². The van der Waals surface area contributed by atoms with Crippen molar-refractivity contribution in [1.29, 1.82) is 0 Å². The van der Waals surface area contributed by atoms with Gasteiger partial charge in [0, 0.05) is 36.8 Å². The van der Waals surface area contributed by atoms with Crippen LogP contribution < -0.4 is 10.2 Å². The van der Waals surface area contributed by atoms with E-state index in [4.69, 9.17) is 14.7 Å². The predicted molar refractivity (Wildman–Crippen MR) is 89.4 cm³/mol. The van der Waals surface area contributed by atoms with Crippen LogP contribution >= 0.6 is 0 Å². The summed E-state index contributed by atoms with van der Waals surface area (Å²) < 4.78 is 11.3. The Morgan fingerprint density at radius 1 is 1.28 bits per heavy atom. The third-order valence-electron chi connectivity index (χ3n) is 4.87. The standard InChI is InChI=1S/C18H24N2O5/c1-12-11-25-16-9-14(17(21)19-23)4-5-15(16)10-20(12)18(22)13-3-2-7-24-8-6-13/h4-5,9,12-13,23H,2-3,6-8,10-11H2,1H3,(H,19,21)/t12-,13?/m0/s1. The molecule has 7 heteroatoms. The van der Waals surface area contributed by atoms with Crippen molar-refractivity contribution in [3.05, 3.63) is 29.3 Å². The lowest BCUT2D eigenvalue weighted by Crippen LogP contribution is -2.43. The number of carbonyl (C=O) groups excluding carboxylic acids is 2. The van der Waals surface area contributed by atoms with Crippen molar-refractivity contribution in [3.63, 3.8) is 0 Å². The second-order valence-electron chi connectivity index (χ2n) is 6.63. The maximum atomic E-state index is 13.0. The van der Waals surface area contributed by atoms with Gasteiger partial charge in [0.2, 0.25) is 5.91 Å². The van der Waals surface area contributed by atoms with Gasteiger partial charge in [-0.25, -0.2) is 5.48 Å². The molecule has 0 radical (unpaired) electrons. The van der Waals surface area contributed by atoms with Crippen molar-refractivity contribution in [2.45, 2.75) is 38.8 Å². The second kappa shape index (κ2) is 7.84. The maximum Gasteiger partial charge on any atom is 0.274 e. The molecule has 2 heterocycles. The summed E-state index contributed by atoms with van der Waals surface area (Å²) in [6.45, 7) is 4.14. The minimum absolute atomic E-state index is 0.00839. The summed E-state index contributed by atoms with van der Waals surface area (Å²) >= 11 is 0. The monoisotopic (exact) mass is 348 g/mol. The molecule has 0 spiro atoms. The zero-order valence-corrected chi connectivity index (χ0v) is 14.4. The predicted octanol–water partition coefficient (Wildman–Crippen LogP) is 1.73. The molecule has 0 aliphatic carbocycles. The van der Waals surface area contributed by atoms with Crippen LogP contribution in [0.2, 0.25) is 0 Å². The lowest BCUT2D eigenvalue weighted by Gasteiger charge is -2.30. The van der Waals surface area contributed by atoms with Gasteiger partial charge in [-0.2, -0.15) is 0 Å². The maximum absolute atomic E-state index is 13.0. The molecular weight excluding hydrogens is 324 g/mol. The van der Waals surface area contributed by atoms with E-state index in [0.29, 0.717) is 31.1 Å². The number of hydrogen-bond acceptors (Lipinski definition) is 5. The molecule has 1 unspecified atom stereocenters. The fraction of sp³-hybridized carbons (Fsp3) is 0.556. The van der Waals surface area contributed by atoms with Crippen LogP contribution in [0.1, 0.15) is 42.1 Å². The molecule has 7 nitrogen and oxygen atoms in total. The van der Waals surface area contributed by atoms with Gasteiger partial charge in [0.05, 0.1) is 6.04 Å². The van der Waals surface area contributed by atoms with E-state index in [1.54, 1.807) is 23.7 Å². The zero-order valence-electron chi connectivity index (χ0n) is 14.4. The Balaban J connectivity index is 1.80. The number of nitrogens with zero attached hydrogens (tertiary/aromatic N) is 1. The molecule has 136 valence electrons. The molecule has 25 heavy (non-hydrogen) atoms. The van der Waals surface area contributed by atoms with E-state index in [1.165, 1.54) is 0 Å². The van der Waals surface area contributed by atoms with Crippen LogP contribution in [0.25, 0.3) is 0 Å². The van der Waals surface area contributed by atoms with Crippen molar-refractivity contribution in [1.82, 2.24) is 10.4 Å². The van der Waals surface area contributed by atoms with Gasteiger partial charge in [0.1, 0.15) is 12.4 Å². The smallest absolute Gasteiger partial charge is 0.274 e. The number of ether oxygens (including phenoxy) is 2. The Hall–Kier alpha value is -2.12. The summed E-state index contributed by atoms with van der Waals surface area (Å²) in [4.78, 5) is 26.5. The number of nitrogens with one attached hydrogen (secondary N) is 1. The number of hydroxylamine groups is 1. The minimum Gasteiger partial charge on any atom is -0.491 e. The van der Waals surface area contributed by atoms with Crippen molar-refractivity contribution < 1.29 is 24.3 Å². The van der Waals surface area contributed by atoms with Crippen molar-refractivity contribution in [2.75, 3.05) is 19.8 Å². The van der Waals surface area contributed by atoms with Crippen LogP contribution in [0.5, 0.6) is 5.75 Å². The molecule has 3 rings (SSSR count). The first-order valence-electron chi connectivity index (χ1n) is 8.68. The molecule has 1 aromatic carbocycles. The summed E-state index contributed by atoms with van der Waals surface area (Å²) in [5, 5.41) is 8.77. The Morgan fingerprint density at radius 3 is 2.92 bits per heavy atom. The summed E-state index contributed by atoms with van der Waals surface area (Å²) in [6.07, 6.45) is 2.52. The number of hydrogen-bond donors (Lipinski definition) is 2. The number of amides is 2. The lowest BCUT2D eigenvalue weighted by atomic mass is 9.98. The zero-order chi connectivity index (χ0) is 17.8. The van der Waals surface area contributed by atoms with E-state index in [9.17, 15) is 9.59 Å². The van der Waals surface area contributed by atoms with Crippen LogP contribution in [0.3, 0.4) is 0 Å². The van der Waals surface area contributed by atoms with Gasteiger partial charge in [0.25, 0.3) is 5.91 Å². The van der Waals surface area contributed by atoms with Gasteiger partial charge in [0.15, 0.2) is 0 Å². The van der Waals surface area contributed by atoms with Gasteiger partial charge in [-0.3, -0.25) is 14.8 Å². The first-order valence-corrected chi connectivity index (χ1v) is 8.68. The Morgan fingerprint density at radius 2 is 2.12 bits per heavy atom. The molecular formula is C18H24N2O5. The second-order valence-corrected chi connectivity index (χ2v) is 6.63. The summed E-state index contributed by atoms with van der Waals surface area (Å²) in [5.74, 6) is 0.125. The number of fused-ring (bicyclic) bond motifs is 1. The minimum atomic E-state index is -0.588. The molecule has 2 atom stereocenters. The first-order chi connectivity index (χ1) is 12.1. The summed E-state index contributed by atoms with van der Waals surface area (Å²) in [6, 6.07) is 4.93. The molecule has 1 aromatic rings. The van der Waals surface area contributed by atoms with Crippen LogP contribution in [-0.2, 0) is 16.1 Å². The van der Waals surface area contributed by atoms with E-state index in [-0.39, 0.29) is 17.9 Å². The van der Waals surface area contributed by atoms with Crippen LogP contribution in [0.15, 0.2) is 18.2 Å². The summed E-state index contributed by atoms with van der Waals surface area (Å²) in [7, 11) is 0. The topological polar surface area (TPSA) is 88.1 Å². The fourth-order valence-electron chi connectivity index (χ4n) is 3.35. The van der Waals surface area contributed by atoms with Crippen LogP contribution in [0, 0.1) is 5.92 Å². The van der Waals surface area contributed by atoms with Gasteiger partial charge >= 0.3 is 0 Å². The van der Waals surface area contributed by atoms with Gasteiger partial charge in [-0.15, -0.1) is 0 Å². The van der Waals surface area contributed by atoms with E-state index in [0.717, 1.165) is 31.4 Å². The van der Waals surface area contributed by atoms with Crippen LogP contribution in [-0.4, -0.2) is 47.8 Å². The molecule has 2 amide bonds. The van der Waals surface area contributed by atoms with E-state index in [1.807, 2.05) is 11.8 Å². The molecule has 2 N–H and O–H groups in total. The lowest BCUT2D eigenvalue weighted by molar-refractivity contribution is -0.139. The first kappa shape index (κ1) is 17.7. The largest absolute Gasteiger partial charge is 0.491 e. The highest BCUT2D eigenvalue weighted by Gasteiger charge is 2.31. The number of rotatable bonds is 2. The SMILES string of the molecule is C[C@H]1COc2cc(C(=O)NO)ccc2CN1C(=O)C1CCCOCC1. The van der Waals surface area contributed by atoms with Crippen molar-refractivity contribution in [3.8, 4) is 5.75 Å². The quantitative estimate of drug-likeness (QED) is 0.628. The van der Waals surface area contributed by atoms with Crippen molar-refractivity contribution >= 4 is 11.8 Å². The Labute approximate surface area is 146 Å². The van der Waals surface area contributed by atoms with Gasteiger partial charge < -0.3 is 14.4 Å².